The summed E-state index contributed by atoms with van der Waals surface area (Å²) in [5, 5.41) is 2.42. The van der Waals surface area contributed by atoms with E-state index in [1.54, 1.807) is 0 Å². The van der Waals surface area contributed by atoms with Gasteiger partial charge >= 0.3 is 0 Å². The van der Waals surface area contributed by atoms with Gasteiger partial charge in [0.15, 0.2) is 0 Å². The highest BCUT2D eigenvalue weighted by atomic mass is 16.5. The molecule has 2 aromatic carbocycles. The molecule has 0 atom stereocenters. The third-order valence-electron chi connectivity index (χ3n) is 7.14. The summed E-state index contributed by atoms with van der Waals surface area (Å²) in [5.41, 5.74) is 11.4. The molecule has 0 unspecified atom stereocenters. The lowest BCUT2D eigenvalue weighted by Crippen LogP contribution is -2.45. The number of likely N-dealkylation sites (N-methyl/N-ethyl adjacent to an activating group) is 1. The van der Waals surface area contributed by atoms with Crippen LogP contribution < -0.4 is 10.5 Å². The van der Waals surface area contributed by atoms with Crippen molar-refractivity contribution in [3.05, 3.63) is 60.3 Å². The Balaban J connectivity index is 1.26. The van der Waals surface area contributed by atoms with Crippen LogP contribution in [0.5, 0.6) is 5.75 Å². The molecule has 3 N–H and O–H groups in total. The summed E-state index contributed by atoms with van der Waals surface area (Å²) in [4.78, 5) is 13.0. The fourth-order valence-electron chi connectivity index (χ4n) is 4.89. The maximum absolute atomic E-state index is 6.03. The van der Waals surface area contributed by atoms with Gasteiger partial charge in [-0.2, -0.15) is 0 Å². The molecule has 0 aliphatic carbocycles. The Morgan fingerprint density at radius 3 is 2.51 bits per heavy atom. The maximum Gasteiger partial charge on any atom is 0.138 e. The van der Waals surface area contributed by atoms with Crippen molar-refractivity contribution < 1.29 is 4.74 Å². The van der Waals surface area contributed by atoms with E-state index < -0.39 is 0 Å². The number of aromatic amines is 1. The van der Waals surface area contributed by atoms with Crippen LogP contribution in [-0.4, -0.2) is 72.7 Å². The first-order valence-electron chi connectivity index (χ1n) is 12.9. The molecule has 0 radical (unpaired) electrons. The number of pyridine rings is 1. The SMILES string of the molecule is CN1CCN(CCOc2ccc(-c3ccc4[nH]c5ncc(CCCCCN)cc5c4c3)cc2)CC1. The Morgan fingerprint density at radius 1 is 0.914 bits per heavy atom. The summed E-state index contributed by atoms with van der Waals surface area (Å²) in [7, 11) is 2.19. The molecule has 0 amide bonds. The second-order valence-corrected chi connectivity index (χ2v) is 9.74. The highest BCUT2D eigenvalue weighted by molar-refractivity contribution is 6.07. The third-order valence-corrected chi connectivity index (χ3v) is 7.14. The van der Waals surface area contributed by atoms with E-state index in [1.165, 1.54) is 33.9 Å². The lowest BCUT2D eigenvalue weighted by molar-refractivity contribution is 0.134. The number of unbranched alkanes of at least 4 members (excludes halogenated alkanes) is 2. The molecular weight excluding hydrogens is 434 g/mol. The van der Waals surface area contributed by atoms with Crippen molar-refractivity contribution in [2.45, 2.75) is 25.7 Å². The van der Waals surface area contributed by atoms with Crippen LogP contribution in [-0.2, 0) is 6.42 Å². The van der Waals surface area contributed by atoms with E-state index >= 15 is 0 Å². The van der Waals surface area contributed by atoms with Crippen molar-refractivity contribution in [1.82, 2.24) is 19.8 Å². The van der Waals surface area contributed by atoms with Crippen molar-refractivity contribution >= 4 is 21.9 Å². The molecule has 1 saturated heterocycles. The van der Waals surface area contributed by atoms with Gasteiger partial charge in [-0.15, -0.1) is 0 Å². The number of rotatable bonds is 10. The Labute approximate surface area is 208 Å². The van der Waals surface area contributed by atoms with Crippen molar-refractivity contribution in [2.75, 3.05) is 52.9 Å². The summed E-state index contributed by atoms with van der Waals surface area (Å²) in [6.07, 6.45) is 6.46. The average Bonchev–Trinajstić information content (AvgIpc) is 3.25. The molecule has 3 heterocycles. The van der Waals surface area contributed by atoms with Gasteiger partial charge in [-0.3, -0.25) is 4.90 Å². The lowest BCUT2D eigenvalue weighted by atomic mass is 10.0. The Morgan fingerprint density at radius 2 is 1.71 bits per heavy atom. The van der Waals surface area contributed by atoms with Crippen LogP contribution in [0.25, 0.3) is 33.1 Å². The van der Waals surface area contributed by atoms with E-state index in [4.69, 9.17) is 15.5 Å². The number of nitrogens with zero attached hydrogens (tertiary/aromatic N) is 3. The van der Waals surface area contributed by atoms with Gasteiger partial charge in [0.2, 0.25) is 0 Å². The quantitative estimate of drug-likeness (QED) is 0.329. The van der Waals surface area contributed by atoms with Crippen LogP contribution in [0.2, 0.25) is 0 Å². The zero-order valence-electron chi connectivity index (χ0n) is 20.8. The number of ether oxygens (including phenoxy) is 1. The van der Waals surface area contributed by atoms with Gasteiger partial charge in [0.05, 0.1) is 0 Å². The highest BCUT2D eigenvalue weighted by Gasteiger charge is 2.13. The van der Waals surface area contributed by atoms with Crippen molar-refractivity contribution in [3.63, 3.8) is 0 Å². The maximum atomic E-state index is 6.03. The second kappa shape index (κ2) is 11.2. The molecule has 6 nitrogen and oxygen atoms in total. The summed E-state index contributed by atoms with van der Waals surface area (Å²) >= 11 is 0. The number of nitrogens with one attached hydrogen (secondary N) is 1. The predicted octanol–water partition coefficient (Wildman–Crippen LogP) is 4.68. The molecule has 6 heteroatoms. The van der Waals surface area contributed by atoms with Gasteiger partial charge in [0.25, 0.3) is 0 Å². The number of fused-ring (bicyclic) bond motifs is 3. The van der Waals surface area contributed by atoms with Crippen LogP contribution in [0.1, 0.15) is 24.8 Å². The number of hydrogen-bond donors (Lipinski definition) is 2. The van der Waals surface area contributed by atoms with Crippen molar-refractivity contribution in [3.8, 4) is 16.9 Å². The first-order chi connectivity index (χ1) is 17.2. The van der Waals surface area contributed by atoms with Gasteiger partial charge < -0.3 is 20.4 Å². The van der Waals surface area contributed by atoms with Crippen LogP contribution >= 0.6 is 0 Å². The minimum absolute atomic E-state index is 0.728. The van der Waals surface area contributed by atoms with Crippen LogP contribution in [0, 0.1) is 0 Å². The summed E-state index contributed by atoms with van der Waals surface area (Å²) in [6.45, 7) is 7.01. The molecule has 0 spiro atoms. The van der Waals surface area contributed by atoms with Gasteiger partial charge in [-0.1, -0.05) is 24.6 Å². The monoisotopic (exact) mass is 471 g/mol. The van der Waals surface area contributed by atoms with E-state index in [0.29, 0.717) is 0 Å². The minimum Gasteiger partial charge on any atom is -0.492 e. The summed E-state index contributed by atoms with van der Waals surface area (Å²) < 4.78 is 6.03. The van der Waals surface area contributed by atoms with Crippen molar-refractivity contribution in [1.29, 1.82) is 0 Å². The molecule has 2 aromatic heterocycles. The molecule has 35 heavy (non-hydrogen) atoms. The minimum atomic E-state index is 0.728. The predicted molar refractivity (Wildman–Crippen MR) is 145 cm³/mol. The fourth-order valence-corrected chi connectivity index (χ4v) is 4.89. The molecule has 1 fully saturated rings. The number of piperazine rings is 1. The Hall–Kier alpha value is -2.93. The first-order valence-corrected chi connectivity index (χ1v) is 12.9. The number of aromatic nitrogens is 2. The van der Waals surface area contributed by atoms with Gasteiger partial charge in [0.1, 0.15) is 18.0 Å². The Bertz CT molecular complexity index is 1240. The zero-order valence-corrected chi connectivity index (χ0v) is 20.8. The number of nitrogens with two attached hydrogens (primary N) is 1. The van der Waals surface area contributed by atoms with Gasteiger partial charge in [0, 0.05) is 55.2 Å². The number of benzene rings is 2. The third kappa shape index (κ3) is 5.84. The number of hydrogen-bond acceptors (Lipinski definition) is 5. The normalized spacial score (nSPS) is 15.3. The molecule has 1 aliphatic rings. The number of aryl methyl sites for hydroxylation is 1. The fraction of sp³-hybridized carbons (Fsp3) is 0.414. The second-order valence-electron chi connectivity index (χ2n) is 9.74. The highest BCUT2D eigenvalue weighted by Crippen LogP contribution is 2.31. The van der Waals surface area contributed by atoms with Crippen LogP contribution in [0.15, 0.2) is 54.7 Å². The first kappa shape index (κ1) is 23.8. The summed E-state index contributed by atoms with van der Waals surface area (Å²) in [6, 6.07) is 17.4. The molecular formula is C29H37N5O. The molecule has 1 aliphatic heterocycles. The average molecular weight is 472 g/mol. The zero-order chi connectivity index (χ0) is 24.0. The van der Waals surface area contributed by atoms with E-state index in [9.17, 15) is 0 Å². The van der Waals surface area contributed by atoms with Gasteiger partial charge in [-0.05, 0) is 79.9 Å². The largest absolute Gasteiger partial charge is 0.492 e. The Kier molecular flexibility index (Phi) is 7.62. The smallest absolute Gasteiger partial charge is 0.138 e. The molecule has 0 bridgehead atoms. The topological polar surface area (TPSA) is 70.4 Å². The van der Waals surface area contributed by atoms with Crippen LogP contribution in [0.3, 0.4) is 0 Å². The van der Waals surface area contributed by atoms with Crippen LogP contribution in [0.4, 0.5) is 0 Å². The molecule has 184 valence electrons. The summed E-state index contributed by atoms with van der Waals surface area (Å²) in [5.74, 6) is 0.930. The van der Waals surface area contributed by atoms with E-state index in [-0.39, 0.29) is 0 Å². The van der Waals surface area contributed by atoms with E-state index in [0.717, 1.165) is 82.1 Å². The van der Waals surface area contributed by atoms with E-state index in [1.807, 2.05) is 6.20 Å². The van der Waals surface area contributed by atoms with E-state index in [2.05, 4.69) is 70.4 Å². The molecule has 5 rings (SSSR count). The molecule has 0 saturated carbocycles. The lowest BCUT2D eigenvalue weighted by Gasteiger charge is -2.32. The van der Waals surface area contributed by atoms with Crippen molar-refractivity contribution in [2.24, 2.45) is 5.73 Å². The molecule has 4 aromatic rings. The number of H-pyrrole nitrogens is 1. The van der Waals surface area contributed by atoms with Gasteiger partial charge in [-0.25, -0.2) is 4.98 Å². The standard InChI is InChI=1S/C29H37N5O/c1-33-13-15-34(16-14-33)17-18-35-25-9-6-23(7-10-25)24-8-11-28-26(20-24)27-19-22(5-3-2-4-12-30)21-31-29(27)32-28/h6-11,19-21H,2-5,12-18,30H2,1H3,(H,31,32).